The number of benzene rings is 2. The molecule has 1 aliphatic carbocycles. The molecule has 1 aliphatic rings. The fourth-order valence-electron chi connectivity index (χ4n) is 6.69. The molecule has 0 unspecified atom stereocenters. The van der Waals surface area contributed by atoms with Crippen molar-refractivity contribution in [3.8, 4) is 22.4 Å². The van der Waals surface area contributed by atoms with Gasteiger partial charge in [0.2, 0.25) is 5.71 Å². The van der Waals surface area contributed by atoms with Crippen molar-refractivity contribution in [1.29, 1.82) is 0 Å². The second kappa shape index (κ2) is 8.03. The van der Waals surface area contributed by atoms with Crippen LogP contribution in [0, 0.1) is 18.8 Å². The lowest BCUT2D eigenvalue weighted by Crippen LogP contribution is -2.38. The third-order valence-electron chi connectivity index (χ3n) is 8.43. The maximum atomic E-state index is 6.64. The summed E-state index contributed by atoms with van der Waals surface area (Å²) in [6, 6.07) is 19.9. The fraction of sp³-hybridized carbons (Fsp3) is 0.333. The summed E-state index contributed by atoms with van der Waals surface area (Å²) in [4.78, 5) is 10.1. The second-order valence-electron chi connectivity index (χ2n) is 11.3. The van der Waals surface area contributed by atoms with Gasteiger partial charge in [-0.15, -0.1) is 0 Å². The minimum Gasteiger partial charge on any atom is -0.437 e. The number of fused-ring (bicyclic) bond motifs is 6. The van der Waals surface area contributed by atoms with Gasteiger partial charge in [0.15, 0.2) is 0 Å². The molecule has 0 spiro atoms. The highest BCUT2D eigenvalue weighted by atomic mass is 16.3. The normalized spacial score (nSPS) is 14.4. The molecule has 3 heteroatoms. The van der Waals surface area contributed by atoms with Crippen molar-refractivity contribution in [2.75, 3.05) is 0 Å². The number of rotatable bonds is 4. The van der Waals surface area contributed by atoms with Crippen LogP contribution in [0.3, 0.4) is 0 Å². The Morgan fingerprint density at radius 3 is 2.28 bits per heavy atom. The van der Waals surface area contributed by atoms with E-state index in [-0.39, 0.29) is 5.41 Å². The van der Waals surface area contributed by atoms with Gasteiger partial charge in [0.1, 0.15) is 5.58 Å². The molecule has 0 radical (unpaired) electrons. The quantitative estimate of drug-likeness (QED) is 0.261. The van der Waals surface area contributed by atoms with E-state index in [9.17, 15) is 0 Å². The van der Waals surface area contributed by atoms with E-state index in [0.29, 0.717) is 23.5 Å². The topological polar surface area (TPSA) is 38.9 Å². The van der Waals surface area contributed by atoms with Gasteiger partial charge in [-0.1, -0.05) is 77.9 Å². The second-order valence-corrected chi connectivity index (χ2v) is 11.3. The summed E-state index contributed by atoms with van der Waals surface area (Å²) in [5.74, 6) is 1.23. The third-order valence-corrected chi connectivity index (χ3v) is 8.43. The monoisotopic (exact) mass is 474 g/mol. The first-order valence-electron chi connectivity index (χ1n) is 13.2. The number of hydrogen-bond donors (Lipinski definition) is 0. The van der Waals surface area contributed by atoms with Gasteiger partial charge in [0.25, 0.3) is 0 Å². The van der Waals surface area contributed by atoms with Crippen molar-refractivity contribution >= 4 is 22.1 Å². The Balaban J connectivity index is 1.68. The summed E-state index contributed by atoms with van der Waals surface area (Å²) < 4.78 is 6.64. The lowest BCUT2D eigenvalue weighted by atomic mass is 9.64. The summed E-state index contributed by atoms with van der Waals surface area (Å²) >= 11 is 0. The van der Waals surface area contributed by atoms with Crippen LogP contribution in [0.4, 0.5) is 0 Å². The largest absolute Gasteiger partial charge is 0.437 e. The van der Waals surface area contributed by atoms with Crippen LogP contribution in [0.25, 0.3) is 44.5 Å². The Labute approximate surface area is 213 Å². The summed E-state index contributed by atoms with van der Waals surface area (Å²) in [6.45, 7) is 15.9. The molecule has 3 heterocycles. The molecule has 6 rings (SSSR count). The summed E-state index contributed by atoms with van der Waals surface area (Å²) in [6.07, 6.45) is 1.91. The van der Waals surface area contributed by atoms with E-state index in [1.165, 1.54) is 22.3 Å². The van der Waals surface area contributed by atoms with E-state index in [1.807, 2.05) is 6.20 Å². The van der Waals surface area contributed by atoms with Crippen LogP contribution in [0.1, 0.15) is 69.8 Å². The Morgan fingerprint density at radius 1 is 0.806 bits per heavy atom. The minimum absolute atomic E-state index is 0.148. The van der Waals surface area contributed by atoms with Crippen LogP contribution in [0.5, 0.6) is 0 Å². The van der Waals surface area contributed by atoms with Gasteiger partial charge < -0.3 is 4.42 Å². The van der Waals surface area contributed by atoms with Crippen molar-refractivity contribution in [3.05, 3.63) is 83.2 Å². The molecule has 2 aromatic carbocycles. The number of aryl methyl sites for hydroxylation is 1. The average molecular weight is 475 g/mol. The van der Waals surface area contributed by atoms with Crippen molar-refractivity contribution in [3.63, 3.8) is 0 Å². The smallest absolute Gasteiger partial charge is 0.227 e. The van der Waals surface area contributed by atoms with E-state index in [1.54, 1.807) is 0 Å². The van der Waals surface area contributed by atoms with Crippen LogP contribution < -0.4 is 0 Å². The highest BCUT2D eigenvalue weighted by Crippen LogP contribution is 2.56. The predicted molar refractivity (Wildman–Crippen MR) is 149 cm³/mol. The Bertz CT molecular complexity index is 1630. The zero-order valence-corrected chi connectivity index (χ0v) is 22.3. The summed E-state index contributed by atoms with van der Waals surface area (Å²) in [5.41, 5.74) is 11.0. The van der Waals surface area contributed by atoms with Gasteiger partial charge in [-0.05, 0) is 65.1 Å². The molecule has 0 aliphatic heterocycles. The maximum absolute atomic E-state index is 6.64. The zero-order chi connectivity index (χ0) is 25.4. The van der Waals surface area contributed by atoms with Crippen molar-refractivity contribution in [2.24, 2.45) is 11.8 Å². The molecule has 0 saturated heterocycles. The lowest BCUT2D eigenvalue weighted by Gasteiger charge is -2.39. The molecule has 0 N–H and O–H groups in total. The van der Waals surface area contributed by atoms with Gasteiger partial charge in [0, 0.05) is 33.5 Å². The first-order valence-corrected chi connectivity index (χ1v) is 13.2. The van der Waals surface area contributed by atoms with Gasteiger partial charge >= 0.3 is 0 Å². The van der Waals surface area contributed by atoms with E-state index >= 15 is 0 Å². The Morgan fingerprint density at radius 2 is 1.56 bits per heavy atom. The maximum Gasteiger partial charge on any atom is 0.227 e. The molecule has 0 atom stereocenters. The molecule has 5 aromatic rings. The number of nitrogens with zero attached hydrogens (tertiary/aromatic N) is 2. The highest BCUT2D eigenvalue weighted by Gasteiger charge is 2.49. The van der Waals surface area contributed by atoms with Crippen LogP contribution in [-0.4, -0.2) is 9.97 Å². The summed E-state index contributed by atoms with van der Waals surface area (Å²) in [7, 11) is 0. The SMILES string of the molecule is Cc1ccc2c(oc3nc4c(cc32)-c2ccccc2C4(C(C)C)C(C)C)c1-c1cc(C(C)C)ccn1. The molecule has 0 fully saturated rings. The standard InChI is InChI=1S/C33H34N2O/c1-18(2)22-14-15-34-28(16-22)29-21(7)12-13-24-26-17-25-23-10-8-9-11-27(23)33(19(3)4,20(5)6)31(25)35-32(26)36-30(24)29/h8-20H,1-7H3. The third kappa shape index (κ3) is 2.98. The molecule has 0 saturated carbocycles. The molecule has 0 amide bonds. The highest BCUT2D eigenvalue weighted by molar-refractivity contribution is 6.10. The number of pyridine rings is 2. The lowest BCUT2D eigenvalue weighted by molar-refractivity contribution is 0.273. The van der Waals surface area contributed by atoms with Crippen molar-refractivity contribution in [2.45, 2.75) is 59.8 Å². The van der Waals surface area contributed by atoms with Crippen LogP contribution >= 0.6 is 0 Å². The average Bonchev–Trinajstić information content (AvgIpc) is 3.35. The molecule has 36 heavy (non-hydrogen) atoms. The number of furan rings is 1. The zero-order valence-electron chi connectivity index (χ0n) is 22.3. The van der Waals surface area contributed by atoms with Crippen LogP contribution in [-0.2, 0) is 5.41 Å². The fourth-order valence-corrected chi connectivity index (χ4v) is 6.69. The molecule has 3 aromatic heterocycles. The van der Waals surface area contributed by atoms with E-state index < -0.39 is 0 Å². The molecule has 0 bridgehead atoms. The van der Waals surface area contributed by atoms with Gasteiger partial charge in [0.05, 0.1) is 11.4 Å². The number of aromatic nitrogens is 2. The Hall–Kier alpha value is -3.46. The van der Waals surface area contributed by atoms with Crippen LogP contribution in [0.15, 0.2) is 65.2 Å². The Kier molecular flexibility index (Phi) is 5.12. The molecule has 3 nitrogen and oxygen atoms in total. The first kappa shape index (κ1) is 23.0. The predicted octanol–water partition coefficient (Wildman–Crippen LogP) is 9.05. The van der Waals surface area contributed by atoms with Gasteiger partial charge in [-0.3, -0.25) is 4.98 Å². The molecule has 182 valence electrons. The van der Waals surface area contributed by atoms with E-state index in [4.69, 9.17) is 14.4 Å². The van der Waals surface area contributed by atoms with E-state index in [0.717, 1.165) is 38.9 Å². The minimum atomic E-state index is -0.148. The summed E-state index contributed by atoms with van der Waals surface area (Å²) in [5, 5.41) is 2.17. The molecular weight excluding hydrogens is 440 g/mol. The molecular formula is C33H34N2O. The first-order chi connectivity index (χ1) is 17.2. The van der Waals surface area contributed by atoms with E-state index in [2.05, 4.69) is 103 Å². The van der Waals surface area contributed by atoms with Crippen LogP contribution in [0.2, 0.25) is 0 Å². The van der Waals surface area contributed by atoms with Gasteiger partial charge in [-0.25, -0.2) is 4.98 Å². The van der Waals surface area contributed by atoms with Crippen molar-refractivity contribution < 1.29 is 4.42 Å². The van der Waals surface area contributed by atoms with Gasteiger partial charge in [-0.2, -0.15) is 0 Å². The number of hydrogen-bond acceptors (Lipinski definition) is 3. The van der Waals surface area contributed by atoms with Crippen molar-refractivity contribution in [1.82, 2.24) is 9.97 Å².